The molecule has 2 saturated heterocycles. The minimum absolute atomic E-state index is 0. The molecule has 2 amide bonds. The summed E-state index contributed by atoms with van der Waals surface area (Å²) >= 11 is 1.52. The van der Waals surface area contributed by atoms with E-state index < -0.39 is 5.91 Å². The van der Waals surface area contributed by atoms with Gasteiger partial charge in [0.15, 0.2) is 0 Å². The summed E-state index contributed by atoms with van der Waals surface area (Å²) in [6.45, 7) is 14.3. The Morgan fingerprint density at radius 2 is 1.89 bits per heavy atom. The quantitative estimate of drug-likeness (QED) is 0.439. The van der Waals surface area contributed by atoms with E-state index in [9.17, 15) is 9.59 Å². The van der Waals surface area contributed by atoms with Crippen LogP contribution in [0.2, 0.25) is 0 Å². The predicted molar refractivity (Wildman–Crippen MR) is 158 cm³/mol. The lowest BCUT2D eigenvalue weighted by Crippen LogP contribution is -2.30. The van der Waals surface area contributed by atoms with Gasteiger partial charge in [-0.15, -0.1) is 0 Å². The fourth-order valence-electron chi connectivity index (χ4n) is 3.64. The smallest absolute Gasteiger partial charge is 0.237 e. The Morgan fingerprint density at radius 1 is 1.19 bits per heavy atom. The number of carbonyl (C=O) groups is 2. The largest absolute Gasteiger partial charge is 0.388 e. The van der Waals surface area contributed by atoms with Crippen LogP contribution >= 0.6 is 11.8 Å². The van der Waals surface area contributed by atoms with Crippen molar-refractivity contribution >= 4 is 29.3 Å². The summed E-state index contributed by atoms with van der Waals surface area (Å²) in [5.74, 6) is 0.360. The van der Waals surface area contributed by atoms with Crippen molar-refractivity contribution in [1.29, 1.82) is 10.5 Å². The van der Waals surface area contributed by atoms with Gasteiger partial charge < -0.3 is 20.4 Å². The van der Waals surface area contributed by atoms with Crippen molar-refractivity contribution in [1.82, 2.24) is 15.1 Å². The van der Waals surface area contributed by atoms with E-state index in [0.717, 1.165) is 11.6 Å². The second kappa shape index (κ2) is 22.2. The number of benzene rings is 1. The molecule has 208 valence electrons. The van der Waals surface area contributed by atoms with Crippen molar-refractivity contribution in [3.05, 3.63) is 41.4 Å². The maximum absolute atomic E-state index is 10.9. The van der Waals surface area contributed by atoms with E-state index >= 15 is 0 Å². The molecule has 0 radical (unpaired) electrons. The van der Waals surface area contributed by atoms with Crippen LogP contribution in [0, 0.1) is 22.7 Å². The molecule has 3 rings (SSSR count). The molecular weight excluding hydrogens is 484 g/mol. The number of anilines is 1. The van der Waals surface area contributed by atoms with Crippen LogP contribution in [0.1, 0.15) is 61.3 Å². The Labute approximate surface area is 231 Å². The molecule has 2 aliphatic heterocycles. The molecule has 37 heavy (non-hydrogen) atoms. The summed E-state index contributed by atoms with van der Waals surface area (Å²) < 4.78 is 0. The number of nitrogens with zero attached hydrogens (tertiary/aromatic N) is 4. The Bertz CT molecular complexity index is 883. The van der Waals surface area contributed by atoms with Crippen molar-refractivity contribution in [3.8, 4) is 12.1 Å². The lowest BCUT2D eigenvalue weighted by Gasteiger charge is -2.26. The highest BCUT2D eigenvalue weighted by Gasteiger charge is 2.22. The van der Waals surface area contributed by atoms with Crippen LogP contribution in [-0.4, -0.2) is 67.1 Å². The fourth-order valence-corrected chi connectivity index (χ4v) is 4.47. The van der Waals surface area contributed by atoms with Gasteiger partial charge in [0.2, 0.25) is 11.8 Å². The molecule has 2 heterocycles. The zero-order chi connectivity index (χ0) is 27.9. The van der Waals surface area contributed by atoms with Gasteiger partial charge in [-0.3, -0.25) is 9.59 Å². The lowest BCUT2D eigenvalue weighted by atomic mass is 10.1. The van der Waals surface area contributed by atoms with Gasteiger partial charge in [0.1, 0.15) is 13.0 Å². The summed E-state index contributed by atoms with van der Waals surface area (Å²) in [6, 6.07) is 12.1. The summed E-state index contributed by atoms with van der Waals surface area (Å²) in [4.78, 5) is 25.5. The zero-order valence-electron chi connectivity index (χ0n) is 23.0. The number of hydrogen-bond acceptors (Lipinski definition) is 7. The second-order valence-corrected chi connectivity index (χ2v) is 9.09. The third kappa shape index (κ3) is 15.7. The molecule has 0 atom stereocenters. The Morgan fingerprint density at radius 3 is 2.41 bits per heavy atom. The minimum atomic E-state index is -0.404. The maximum atomic E-state index is 10.9. The average molecular weight is 533 g/mol. The normalized spacial score (nSPS) is 14.4. The van der Waals surface area contributed by atoms with Gasteiger partial charge in [-0.1, -0.05) is 50.7 Å². The first-order chi connectivity index (χ1) is 17.9. The third-order valence-corrected chi connectivity index (χ3v) is 6.43. The van der Waals surface area contributed by atoms with Crippen molar-refractivity contribution < 1.29 is 12.4 Å². The third-order valence-electron chi connectivity index (χ3n) is 5.49. The molecule has 0 saturated carbocycles. The van der Waals surface area contributed by atoms with E-state index in [1.165, 1.54) is 74.8 Å². The van der Waals surface area contributed by atoms with Crippen LogP contribution in [0.5, 0.6) is 0 Å². The molecule has 2 fully saturated rings. The minimum Gasteiger partial charge on any atom is -0.388 e. The molecule has 2 aliphatic rings. The topological polar surface area (TPSA) is 112 Å². The van der Waals surface area contributed by atoms with Crippen LogP contribution in [0.15, 0.2) is 35.9 Å². The van der Waals surface area contributed by atoms with Gasteiger partial charge in [-0.05, 0) is 69.9 Å². The van der Waals surface area contributed by atoms with Gasteiger partial charge in [-0.25, -0.2) is 0 Å². The van der Waals surface area contributed by atoms with E-state index in [1.807, 2.05) is 27.8 Å². The number of carbonyl (C=O) groups excluding carboxylic acids is 2. The molecule has 1 aromatic rings. The average Bonchev–Trinajstić information content (AvgIpc) is 3.27. The van der Waals surface area contributed by atoms with E-state index in [4.69, 9.17) is 10.5 Å². The van der Waals surface area contributed by atoms with Crippen molar-refractivity contribution in [2.75, 3.05) is 50.8 Å². The molecule has 0 spiro atoms. The molecule has 2 N–H and O–H groups in total. The highest BCUT2D eigenvalue weighted by atomic mass is 32.2. The molecule has 0 unspecified atom stereocenters. The van der Waals surface area contributed by atoms with Crippen LogP contribution in [0.25, 0.3) is 0 Å². The summed E-state index contributed by atoms with van der Waals surface area (Å²) in [5, 5.41) is 22.2. The Kier molecular flexibility index (Phi) is 20.4. The van der Waals surface area contributed by atoms with E-state index in [2.05, 4.69) is 46.4 Å². The van der Waals surface area contributed by atoms with Gasteiger partial charge in [0.05, 0.1) is 22.9 Å². The summed E-state index contributed by atoms with van der Waals surface area (Å²) in [7, 11) is 1.98. The molecule has 0 bridgehead atoms. The number of amides is 2. The highest BCUT2D eigenvalue weighted by molar-refractivity contribution is 8.04. The predicted octanol–water partition coefficient (Wildman–Crippen LogP) is 5.26. The Balaban J connectivity index is -0.000000508. The van der Waals surface area contributed by atoms with Gasteiger partial charge in [0, 0.05) is 22.1 Å². The molecule has 0 aromatic heterocycles. The van der Waals surface area contributed by atoms with Crippen molar-refractivity contribution in [2.24, 2.45) is 0 Å². The standard InChI is InChI=1S/C15H24N2.C6H9NOS.C5H5N3O.C2H6.2H2/c1-16-15-9-5-7-14(13-15)8-6-12-17-10-3-2-4-11-17;1-3-7-5(2)9-4-6(7)8;6-2-1-5(9)8-4-3-7;1-2;;/h5,7,9,13,16H,2-4,6,8,10-12H2,1H3;2-4H2,1H3;1,4H2,(H,8,9);1-2H3;2*1H. The zero-order valence-corrected chi connectivity index (χ0v) is 23.8. The fraction of sp³-hybridized carbons (Fsp3) is 0.571. The number of likely N-dealkylation sites (tertiary alicyclic amines) is 1. The Hall–Kier alpha value is -3.01. The molecule has 1 aromatic carbocycles. The van der Waals surface area contributed by atoms with E-state index in [0.29, 0.717) is 5.75 Å². The first-order valence-corrected chi connectivity index (χ1v) is 14.0. The SMILES string of the molecule is C=C1SCC(=O)N1CC.CC.CNc1cccc(CCCN2CCCCC2)c1.N#CCNC(=O)CC#N.[HH].[HH]. The number of piperidine rings is 1. The van der Waals surface area contributed by atoms with Crippen LogP contribution in [0.4, 0.5) is 5.69 Å². The van der Waals surface area contributed by atoms with E-state index in [1.54, 1.807) is 17.0 Å². The van der Waals surface area contributed by atoms with Crippen molar-refractivity contribution in [2.45, 2.75) is 59.3 Å². The van der Waals surface area contributed by atoms with Crippen LogP contribution < -0.4 is 10.6 Å². The molecular formula is C28H48N6O2S. The van der Waals surface area contributed by atoms with Crippen LogP contribution in [0.3, 0.4) is 0 Å². The van der Waals surface area contributed by atoms with Crippen molar-refractivity contribution in [3.63, 3.8) is 0 Å². The molecule has 8 nitrogen and oxygen atoms in total. The molecule has 9 heteroatoms. The number of hydrogen-bond donors (Lipinski definition) is 2. The summed E-state index contributed by atoms with van der Waals surface area (Å²) in [5.41, 5.74) is 2.68. The first kappa shape index (κ1) is 34.0. The highest BCUT2D eigenvalue weighted by Crippen LogP contribution is 2.25. The van der Waals surface area contributed by atoms with Gasteiger partial charge >= 0.3 is 0 Å². The van der Waals surface area contributed by atoms with Gasteiger partial charge in [-0.2, -0.15) is 10.5 Å². The first-order valence-electron chi connectivity index (χ1n) is 13.1. The van der Waals surface area contributed by atoms with E-state index in [-0.39, 0.29) is 21.7 Å². The molecule has 0 aliphatic carbocycles. The number of rotatable bonds is 8. The monoisotopic (exact) mass is 532 g/mol. The van der Waals surface area contributed by atoms with Gasteiger partial charge in [0.25, 0.3) is 0 Å². The lowest BCUT2D eigenvalue weighted by molar-refractivity contribution is -0.125. The summed E-state index contributed by atoms with van der Waals surface area (Å²) in [6.07, 6.45) is 6.53. The number of thioether (sulfide) groups is 1. The number of aryl methyl sites for hydroxylation is 1. The number of nitriles is 2. The maximum Gasteiger partial charge on any atom is 0.237 e. The second-order valence-electron chi connectivity index (χ2n) is 8.05. The van der Waals surface area contributed by atoms with Crippen LogP contribution in [-0.2, 0) is 16.0 Å². The number of nitrogens with one attached hydrogen (secondary N) is 2.